The molecule has 0 spiro atoms. The van der Waals surface area contributed by atoms with Crippen LogP contribution in [0.2, 0.25) is 0 Å². The topological polar surface area (TPSA) is 52.6 Å². The summed E-state index contributed by atoms with van der Waals surface area (Å²) in [4.78, 5) is 24.8. The van der Waals surface area contributed by atoms with E-state index in [-0.39, 0.29) is 17.9 Å². The third-order valence-electron chi connectivity index (χ3n) is 4.30. The third-order valence-corrected chi connectivity index (χ3v) is 4.30. The summed E-state index contributed by atoms with van der Waals surface area (Å²) in [7, 11) is 0. The fourth-order valence-electron chi connectivity index (χ4n) is 2.99. The zero-order valence-electron chi connectivity index (χ0n) is 17.7. The lowest BCUT2D eigenvalue weighted by Gasteiger charge is -2.15. The van der Waals surface area contributed by atoms with Gasteiger partial charge in [-0.25, -0.2) is 9.59 Å². The Morgan fingerprint density at radius 1 is 0.692 bits per heavy atom. The van der Waals surface area contributed by atoms with Gasteiger partial charge in [0.15, 0.2) is 0 Å². The summed E-state index contributed by atoms with van der Waals surface area (Å²) in [6.07, 6.45) is 10.7. The van der Waals surface area contributed by atoms with Gasteiger partial charge in [0, 0.05) is 11.1 Å². The fourth-order valence-corrected chi connectivity index (χ4v) is 2.99. The molecular weight excluding hydrogens is 328 g/mol. The molecule has 0 N–H and O–H groups in total. The molecule has 0 aromatic carbocycles. The van der Waals surface area contributed by atoms with Crippen molar-refractivity contribution in [3.8, 4) is 0 Å². The van der Waals surface area contributed by atoms with E-state index >= 15 is 0 Å². The maximum absolute atomic E-state index is 12.4. The first-order valence-corrected chi connectivity index (χ1v) is 10.5. The van der Waals surface area contributed by atoms with Crippen LogP contribution in [0.25, 0.3) is 0 Å². The standard InChI is InChI=1S/C22H40O4/c1-6-9-10-11-12-13-14-15-16-19(21(23)25-7-2)20(17-18(4)5)22(24)26-8-3/h18H,6-17H2,1-5H3/b20-19-. The van der Waals surface area contributed by atoms with E-state index in [4.69, 9.17) is 9.47 Å². The lowest BCUT2D eigenvalue weighted by atomic mass is 9.94. The van der Waals surface area contributed by atoms with Crippen LogP contribution in [-0.4, -0.2) is 25.2 Å². The van der Waals surface area contributed by atoms with Crippen LogP contribution in [-0.2, 0) is 19.1 Å². The quantitative estimate of drug-likeness (QED) is 0.202. The van der Waals surface area contributed by atoms with Crippen molar-refractivity contribution in [1.29, 1.82) is 0 Å². The normalized spacial score (nSPS) is 12.1. The molecule has 0 fully saturated rings. The Balaban J connectivity index is 4.88. The molecule has 0 heterocycles. The number of hydrogen-bond donors (Lipinski definition) is 0. The van der Waals surface area contributed by atoms with E-state index in [2.05, 4.69) is 6.92 Å². The predicted octanol–water partition coefficient (Wildman–Crippen LogP) is 5.99. The van der Waals surface area contributed by atoms with Crippen molar-refractivity contribution < 1.29 is 19.1 Å². The van der Waals surface area contributed by atoms with Gasteiger partial charge in [-0.1, -0.05) is 65.7 Å². The predicted molar refractivity (Wildman–Crippen MR) is 107 cm³/mol. The van der Waals surface area contributed by atoms with Gasteiger partial charge in [0.2, 0.25) is 0 Å². The van der Waals surface area contributed by atoms with E-state index in [9.17, 15) is 9.59 Å². The summed E-state index contributed by atoms with van der Waals surface area (Å²) in [5.74, 6) is -0.458. The van der Waals surface area contributed by atoms with Crippen LogP contribution in [0.4, 0.5) is 0 Å². The molecule has 0 aromatic heterocycles. The molecule has 0 saturated carbocycles. The Morgan fingerprint density at radius 2 is 1.15 bits per heavy atom. The number of carbonyl (C=O) groups is 2. The largest absolute Gasteiger partial charge is 0.463 e. The molecule has 0 aliphatic heterocycles. The zero-order valence-corrected chi connectivity index (χ0v) is 17.7. The van der Waals surface area contributed by atoms with Crippen molar-refractivity contribution in [3.05, 3.63) is 11.1 Å². The zero-order chi connectivity index (χ0) is 19.8. The average Bonchev–Trinajstić information content (AvgIpc) is 2.59. The van der Waals surface area contributed by atoms with Crippen molar-refractivity contribution in [2.24, 2.45) is 5.92 Å². The van der Waals surface area contributed by atoms with Crippen molar-refractivity contribution in [1.82, 2.24) is 0 Å². The van der Waals surface area contributed by atoms with Crippen molar-refractivity contribution in [3.63, 3.8) is 0 Å². The highest BCUT2D eigenvalue weighted by atomic mass is 16.5. The second-order valence-corrected chi connectivity index (χ2v) is 7.22. The molecule has 0 aliphatic carbocycles. The molecule has 0 bridgehead atoms. The fraction of sp³-hybridized carbons (Fsp3) is 0.818. The molecule has 4 heteroatoms. The highest BCUT2D eigenvalue weighted by molar-refractivity contribution is 6.00. The van der Waals surface area contributed by atoms with Crippen LogP contribution in [0, 0.1) is 5.92 Å². The summed E-state index contributed by atoms with van der Waals surface area (Å²) in [5, 5.41) is 0. The first-order valence-electron chi connectivity index (χ1n) is 10.5. The Kier molecular flexibility index (Phi) is 15.1. The maximum Gasteiger partial charge on any atom is 0.334 e. The van der Waals surface area contributed by atoms with Crippen LogP contribution >= 0.6 is 0 Å². The second-order valence-electron chi connectivity index (χ2n) is 7.22. The Labute approximate surface area is 160 Å². The van der Waals surface area contributed by atoms with Gasteiger partial charge in [0.05, 0.1) is 13.2 Å². The molecule has 26 heavy (non-hydrogen) atoms. The number of ether oxygens (including phenoxy) is 2. The number of carbonyl (C=O) groups excluding carboxylic acids is 2. The summed E-state index contributed by atoms with van der Waals surface area (Å²) in [6, 6.07) is 0. The molecule has 0 atom stereocenters. The lowest BCUT2D eigenvalue weighted by molar-refractivity contribution is -0.142. The number of hydrogen-bond acceptors (Lipinski definition) is 4. The van der Waals surface area contributed by atoms with Crippen molar-refractivity contribution in [2.45, 2.75) is 98.8 Å². The monoisotopic (exact) mass is 368 g/mol. The summed E-state index contributed by atoms with van der Waals surface area (Å²) in [6.45, 7) is 10.5. The van der Waals surface area contributed by atoms with Crippen molar-refractivity contribution in [2.75, 3.05) is 13.2 Å². The molecule has 0 rings (SSSR count). The van der Waals surface area contributed by atoms with Gasteiger partial charge in [0.25, 0.3) is 0 Å². The van der Waals surface area contributed by atoms with Gasteiger partial charge in [-0.05, 0) is 39.0 Å². The molecule has 0 aromatic rings. The average molecular weight is 369 g/mol. The van der Waals surface area contributed by atoms with E-state index in [0.29, 0.717) is 37.2 Å². The maximum atomic E-state index is 12.4. The number of esters is 2. The lowest BCUT2D eigenvalue weighted by Crippen LogP contribution is -2.18. The third kappa shape index (κ3) is 11.3. The summed E-state index contributed by atoms with van der Waals surface area (Å²) in [5.41, 5.74) is 1.02. The van der Waals surface area contributed by atoms with E-state index in [1.165, 1.54) is 38.5 Å². The minimum Gasteiger partial charge on any atom is -0.463 e. The minimum absolute atomic E-state index is 0.275. The first kappa shape index (κ1) is 24.7. The van der Waals surface area contributed by atoms with Gasteiger partial charge < -0.3 is 9.47 Å². The van der Waals surface area contributed by atoms with Gasteiger partial charge in [-0.2, -0.15) is 0 Å². The second kappa shape index (κ2) is 15.9. The Bertz CT molecular complexity index is 424. The number of rotatable bonds is 15. The van der Waals surface area contributed by atoms with Crippen molar-refractivity contribution >= 4 is 11.9 Å². The molecule has 152 valence electrons. The highest BCUT2D eigenvalue weighted by Gasteiger charge is 2.23. The molecular formula is C22H40O4. The van der Waals surface area contributed by atoms with E-state index in [1.807, 2.05) is 13.8 Å². The number of unbranched alkanes of at least 4 members (excludes halogenated alkanes) is 7. The van der Waals surface area contributed by atoms with Gasteiger partial charge >= 0.3 is 11.9 Å². The van der Waals surface area contributed by atoms with Crippen LogP contribution in [0.5, 0.6) is 0 Å². The summed E-state index contributed by atoms with van der Waals surface area (Å²) < 4.78 is 10.4. The molecule has 0 aliphatic rings. The molecule has 0 unspecified atom stereocenters. The van der Waals surface area contributed by atoms with Gasteiger partial charge in [-0.3, -0.25) is 0 Å². The minimum atomic E-state index is -0.371. The highest BCUT2D eigenvalue weighted by Crippen LogP contribution is 2.23. The molecule has 4 nitrogen and oxygen atoms in total. The Morgan fingerprint density at radius 3 is 1.62 bits per heavy atom. The smallest absolute Gasteiger partial charge is 0.334 e. The van der Waals surface area contributed by atoms with Gasteiger partial charge in [0.1, 0.15) is 0 Å². The van der Waals surface area contributed by atoms with Gasteiger partial charge in [-0.15, -0.1) is 0 Å². The summed E-state index contributed by atoms with van der Waals surface area (Å²) >= 11 is 0. The molecule has 0 saturated heterocycles. The molecule has 0 radical (unpaired) electrons. The van der Waals surface area contributed by atoms with E-state index < -0.39 is 0 Å². The van der Waals surface area contributed by atoms with Crippen LogP contribution in [0.15, 0.2) is 11.1 Å². The van der Waals surface area contributed by atoms with Crippen LogP contribution in [0.1, 0.15) is 98.8 Å². The Hall–Kier alpha value is -1.32. The van der Waals surface area contributed by atoms with Crippen LogP contribution in [0.3, 0.4) is 0 Å². The SMILES string of the molecule is CCCCCCCCCC/C(C(=O)OCC)=C(\CC(C)C)C(=O)OCC. The first-order chi connectivity index (χ1) is 12.5. The van der Waals surface area contributed by atoms with E-state index in [0.717, 1.165) is 12.8 Å². The van der Waals surface area contributed by atoms with Crippen LogP contribution < -0.4 is 0 Å². The molecule has 0 amide bonds. The van der Waals surface area contributed by atoms with E-state index in [1.54, 1.807) is 13.8 Å².